The highest BCUT2D eigenvalue weighted by atomic mass is 16.5. The molecule has 3 aromatic rings. The van der Waals surface area contributed by atoms with Crippen molar-refractivity contribution in [1.29, 1.82) is 0 Å². The van der Waals surface area contributed by atoms with Gasteiger partial charge in [0.05, 0.1) is 23.5 Å². The maximum atomic E-state index is 6.56. The highest BCUT2D eigenvalue weighted by Gasteiger charge is 2.27. The summed E-state index contributed by atoms with van der Waals surface area (Å²) in [6.45, 7) is 2.67. The number of anilines is 2. The Balaban J connectivity index is 1.97. The van der Waals surface area contributed by atoms with E-state index in [9.17, 15) is 0 Å². The third-order valence-electron chi connectivity index (χ3n) is 4.95. The van der Waals surface area contributed by atoms with E-state index >= 15 is 0 Å². The standard InChI is InChI=1S/C20H23N3O/c1-2-24-16-10-11-17-18(12-16)23(15-4-3-5-15)20(19(17)22)13-6-8-14(21)9-7-13/h6-12,15H,2-5,21-22H2,1H3. The van der Waals surface area contributed by atoms with Crippen LogP contribution in [0.2, 0.25) is 0 Å². The minimum Gasteiger partial charge on any atom is -0.494 e. The van der Waals surface area contributed by atoms with E-state index in [4.69, 9.17) is 16.2 Å². The fourth-order valence-electron chi connectivity index (χ4n) is 3.53. The van der Waals surface area contributed by atoms with Crippen molar-refractivity contribution in [3.05, 3.63) is 42.5 Å². The Morgan fingerprint density at radius 2 is 1.83 bits per heavy atom. The Hall–Kier alpha value is -2.62. The molecule has 1 fully saturated rings. The lowest BCUT2D eigenvalue weighted by Gasteiger charge is -2.30. The van der Waals surface area contributed by atoms with Gasteiger partial charge in [0, 0.05) is 28.7 Å². The Morgan fingerprint density at radius 1 is 1.08 bits per heavy atom. The number of nitrogens with zero attached hydrogens (tertiary/aromatic N) is 1. The molecular weight excluding hydrogens is 298 g/mol. The quantitative estimate of drug-likeness (QED) is 0.690. The van der Waals surface area contributed by atoms with Crippen LogP contribution in [0.5, 0.6) is 5.75 Å². The van der Waals surface area contributed by atoms with Crippen molar-refractivity contribution >= 4 is 22.3 Å². The molecule has 0 unspecified atom stereocenters. The zero-order valence-corrected chi connectivity index (χ0v) is 14.0. The van der Waals surface area contributed by atoms with E-state index in [2.05, 4.69) is 28.8 Å². The van der Waals surface area contributed by atoms with Crippen LogP contribution >= 0.6 is 0 Å². The van der Waals surface area contributed by atoms with Crippen molar-refractivity contribution in [2.45, 2.75) is 32.2 Å². The van der Waals surface area contributed by atoms with Gasteiger partial charge >= 0.3 is 0 Å². The Morgan fingerprint density at radius 3 is 2.46 bits per heavy atom. The van der Waals surface area contributed by atoms with Gasteiger partial charge in [-0.25, -0.2) is 0 Å². The molecular formula is C20H23N3O. The highest BCUT2D eigenvalue weighted by molar-refractivity contribution is 6.01. The molecule has 24 heavy (non-hydrogen) atoms. The van der Waals surface area contributed by atoms with Gasteiger partial charge in [-0.15, -0.1) is 0 Å². The number of benzene rings is 2. The van der Waals surface area contributed by atoms with Crippen LogP contribution in [-0.2, 0) is 0 Å². The lowest BCUT2D eigenvalue weighted by Crippen LogP contribution is -2.17. The van der Waals surface area contributed by atoms with Crippen LogP contribution in [0, 0.1) is 0 Å². The average molecular weight is 321 g/mol. The first-order valence-corrected chi connectivity index (χ1v) is 8.61. The average Bonchev–Trinajstić information content (AvgIpc) is 2.80. The van der Waals surface area contributed by atoms with Gasteiger partial charge in [-0.05, 0) is 50.5 Å². The zero-order chi connectivity index (χ0) is 16.7. The fourth-order valence-corrected chi connectivity index (χ4v) is 3.53. The van der Waals surface area contributed by atoms with Gasteiger partial charge in [0.1, 0.15) is 5.75 Å². The molecule has 4 nitrogen and oxygen atoms in total. The summed E-state index contributed by atoms with van der Waals surface area (Å²) in [5, 5.41) is 1.09. The van der Waals surface area contributed by atoms with E-state index < -0.39 is 0 Å². The van der Waals surface area contributed by atoms with Gasteiger partial charge in [0.15, 0.2) is 0 Å². The van der Waals surface area contributed by atoms with Crippen molar-refractivity contribution in [2.24, 2.45) is 0 Å². The van der Waals surface area contributed by atoms with Crippen molar-refractivity contribution in [2.75, 3.05) is 18.1 Å². The number of aromatic nitrogens is 1. The first-order chi connectivity index (χ1) is 11.7. The smallest absolute Gasteiger partial charge is 0.121 e. The first kappa shape index (κ1) is 14.9. The molecule has 0 saturated heterocycles. The van der Waals surface area contributed by atoms with E-state index in [1.54, 1.807) is 0 Å². The Labute approximate surface area is 142 Å². The predicted molar refractivity (Wildman–Crippen MR) is 100 cm³/mol. The van der Waals surface area contributed by atoms with Crippen molar-refractivity contribution in [3.63, 3.8) is 0 Å². The minimum absolute atomic E-state index is 0.509. The molecule has 0 amide bonds. The van der Waals surface area contributed by atoms with E-state index in [0.29, 0.717) is 12.6 Å². The fraction of sp³-hybridized carbons (Fsp3) is 0.300. The summed E-state index contributed by atoms with van der Waals surface area (Å²) < 4.78 is 8.11. The maximum absolute atomic E-state index is 6.56. The SMILES string of the molecule is CCOc1ccc2c(N)c(-c3ccc(N)cc3)n(C3CCC3)c2c1. The number of nitrogens with two attached hydrogens (primary N) is 2. The summed E-state index contributed by atoms with van der Waals surface area (Å²) in [5.74, 6) is 0.895. The minimum atomic E-state index is 0.509. The zero-order valence-electron chi connectivity index (χ0n) is 14.0. The van der Waals surface area contributed by atoms with Crippen LogP contribution in [0.1, 0.15) is 32.2 Å². The third-order valence-corrected chi connectivity index (χ3v) is 4.95. The molecule has 1 saturated carbocycles. The predicted octanol–water partition coefficient (Wildman–Crippen LogP) is 4.60. The van der Waals surface area contributed by atoms with Crippen LogP contribution in [0.4, 0.5) is 11.4 Å². The summed E-state index contributed by atoms with van der Waals surface area (Å²) in [5.41, 5.74) is 17.4. The van der Waals surface area contributed by atoms with Crippen molar-refractivity contribution in [1.82, 2.24) is 4.57 Å². The summed E-state index contributed by atoms with van der Waals surface area (Å²) >= 11 is 0. The Bertz CT molecular complexity index is 876. The molecule has 124 valence electrons. The van der Waals surface area contributed by atoms with E-state index in [-0.39, 0.29) is 0 Å². The van der Waals surface area contributed by atoms with Gasteiger partial charge in [0.2, 0.25) is 0 Å². The first-order valence-electron chi connectivity index (χ1n) is 8.61. The van der Waals surface area contributed by atoms with Crippen LogP contribution in [0.3, 0.4) is 0 Å². The molecule has 4 N–H and O–H groups in total. The largest absolute Gasteiger partial charge is 0.494 e. The summed E-state index contributed by atoms with van der Waals surface area (Å²) in [4.78, 5) is 0. The van der Waals surface area contributed by atoms with Crippen molar-refractivity contribution in [3.8, 4) is 17.0 Å². The van der Waals surface area contributed by atoms with Crippen LogP contribution < -0.4 is 16.2 Å². The molecule has 1 aliphatic rings. The molecule has 0 aliphatic heterocycles. The van der Waals surface area contributed by atoms with Gasteiger partial charge in [0.25, 0.3) is 0 Å². The number of hydrogen-bond donors (Lipinski definition) is 2. The summed E-state index contributed by atoms with van der Waals surface area (Å²) in [6.07, 6.45) is 3.67. The van der Waals surface area contributed by atoms with Crippen LogP contribution in [0.25, 0.3) is 22.2 Å². The van der Waals surface area contributed by atoms with Gasteiger partial charge in [-0.2, -0.15) is 0 Å². The maximum Gasteiger partial charge on any atom is 0.121 e. The molecule has 0 radical (unpaired) electrons. The van der Waals surface area contributed by atoms with Crippen molar-refractivity contribution < 1.29 is 4.74 Å². The molecule has 0 atom stereocenters. The molecule has 1 heterocycles. The molecule has 1 aromatic heterocycles. The van der Waals surface area contributed by atoms with Gasteiger partial charge in [-0.3, -0.25) is 0 Å². The number of ether oxygens (including phenoxy) is 1. The summed E-state index contributed by atoms with van der Waals surface area (Å²) in [6, 6.07) is 14.7. The van der Waals surface area contributed by atoms with Crippen LogP contribution in [-0.4, -0.2) is 11.2 Å². The third kappa shape index (κ3) is 2.30. The lowest BCUT2D eigenvalue weighted by molar-refractivity contribution is 0.323. The number of rotatable bonds is 4. The van der Waals surface area contributed by atoms with Crippen LogP contribution in [0.15, 0.2) is 42.5 Å². The van der Waals surface area contributed by atoms with Gasteiger partial charge in [-0.1, -0.05) is 12.1 Å². The number of fused-ring (bicyclic) bond motifs is 1. The van der Waals surface area contributed by atoms with E-state index in [1.165, 1.54) is 19.3 Å². The monoisotopic (exact) mass is 321 g/mol. The summed E-state index contributed by atoms with van der Waals surface area (Å²) in [7, 11) is 0. The van der Waals surface area contributed by atoms with E-state index in [0.717, 1.165) is 39.3 Å². The second-order valence-electron chi connectivity index (χ2n) is 6.45. The molecule has 4 heteroatoms. The molecule has 0 spiro atoms. The molecule has 1 aliphatic carbocycles. The molecule has 0 bridgehead atoms. The highest BCUT2D eigenvalue weighted by Crippen LogP contribution is 2.44. The topological polar surface area (TPSA) is 66.2 Å². The van der Waals surface area contributed by atoms with E-state index in [1.807, 2.05) is 25.1 Å². The normalized spacial score (nSPS) is 14.7. The molecule has 4 rings (SSSR count). The second-order valence-corrected chi connectivity index (χ2v) is 6.45. The lowest BCUT2D eigenvalue weighted by atomic mass is 9.92. The number of hydrogen-bond acceptors (Lipinski definition) is 3. The number of nitrogen functional groups attached to an aromatic ring is 2. The molecule has 2 aromatic carbocycles. The Kier molecular flexibility index (Phi) is 3.60. The van der Waals surface area contributed by atoms with Gasteiger partial charge < -0.3 is 20.8 Å². The second kappa shape index (κ2) is 5.78.